The lowest BCUT2D eigenvalue weighted by atomic mass is 10.1. The van der Waals surface area contributed by atoms with Crippen molar-refractivity contribution >= 4 is 27.9 Å². The van der Waals surface area contributed by atoms with Crippen LogP contribution in [0.25, 0.3) is 0 Å². The van der Waals surface area contributed by atoms with Crippen LogP contribution in [0, 0.1) is 0 Å². The van der Waals surface area contributed by atoms with Crippen LogP contribution in [-0.2, 0) is 69.3 Å². The summed E-state index contributed by atoms with van der Waals surface area (Å²) < 4.78 is 55.2. The average molecular weight is 745 g/mol. The SMILES string of the molecule is CC(=O)CNC(=O)/C(=C/[C@@H](OCc1ccccc1)[C@H](OCc1ccccc1)[C@@H](COCc1ccccc1)OS(C)(=O)=O)NC(=O)OCc1ccccc1. The van der Waals surface area contributed by atoms with Crippen molar-refractivity contribution < 1.29 is 45.9 Å². The molecule has 0 spiro atoms. The van der Waals surface area contributed by atoms with Crippen molar-refractivity contribution in [3.63, 3.8) is 0 Å². The van der Waals surface area contributed by atoms with Gasteiger partial charge in [-0.05, 0) is 35.3 Å². The van der Waals surface area contributed by atoms with Crippen molar-refractivity contribution in [3.05, 3.63) is 155 Å². The summed E-state index contributed by atoms with van der Waals surface area (Å²) in [6.07, 6.45) is -2.57. The molecule has 3 atom stereocenters. The molecule has 2 N–H and O–H groups in total. The van der Waals surface area contributed by atoms with Crippen LogP contribution < -0.4 is 10.6 Å². The maximum absolute atomic E-state index is 13.5. The number of nitrogens with one attached hydrogen (secondary N) is 2. The Kier molecular flexibility index (Phi) is 16.4. The Balaban J connectivity index is 1.74. The van der Waals surface area contributed by atoms with Crippen LogP contribution in [0.1, 0.15) is 29.2 Å². The number of carbonyl (C=O) groups excluding carboxylic acids is 3. The number of carbonyl (C=O) groups is 3. The molecule has 0 aromatic heterocycles. The summed E-state index contributed by atoms with van der Waals surface area (Å²) in [5.74, 6) is -1.16. The Morgan fingerprint density at radius 2 is 1.15 bits per heavy atom. The summed E-state index contributed by atoms with van der Waals surface area (Å²) >= 11 is 0. The molecule has 2 amide bonds. The third kappa shape index (κ3) is 15.5. The molecule has 0 aliphatic heterocycles. The smallest absolute Gasteiger partial charge is 0.412 e. The van der Waals surface area contributed by atoms with Crippen LogP contribution in [0.2, 0.25) is 0 Å². The Labute approximate surface area is 310 Å². The number of benzene rings is 4. The highest BCUT2D eigenvalue weighted by Crippen LogP contribution is 2.22. The molecule has 0 bridgehead atoms. The number of ketones is 1. The fourth-order valence-electron chi connectivity index (χ4n) is 4.96. The van der Waals surface area contributed by atoms with Crippen molar-refractivity contribution in [3.8, 4) is 0 Å². The van der Waals surface area contributed by atoms with Gasteiger partial charge in [-0.3, -0.25) is 19.1 Å². The van der Waals surface area contributed by atoms with Gasteiger partial charge in [0.05, 0.1) is 39.2 Å². The van der Waals surface area contributed by atoms with Crippen LogP contribution in [-0.4, -0.2) is 63.9 Å². The van der Waals surface area contributed by atoms with Gasteiger partial charge in [-0.15, -0.1) is 0 Å². The zero-order chi connectivity index (χ0) is 37.9. The number of amides is 2. The largest absolute Gasteiger partial charge is 0.444 e. The van der Waals surface area contributed by atoms with Gasteiger partial charge in [-0.1, -0.05) is 121 Å². The predicted molar refractivity (Wildman–Crippen MR) is 197 cm³/mol. The van der Waals surface area contributed by atoms with E-state index in [9.17, 15) is 22.8 Å². The topological polar surface area (TPSA) is 156 Å². The van der Waals surface area contributed by atoms with Gasteiger partial charge in [0.15, 0.2) is 0 Å². The molecule has 0 aliphatic carbocycles. The zero-order valence-electron chi connectivity index (χ0n) is 29.6. The molecule has 12 nitrogen and oxygen atoms in total. The van der Waals surface area contributed by atoms with Crippen LogP contribution >= 0.6 is 0 Å². The molecule has 0 aliphatic rings. The fourth-order valence-corrected chi connectivity index (χ4v) is 5.58. The highest BCUT2D eigenvalue weighted by atomic mass is 32.2. The van der Waals surface area contributed by atoms with Crippen molar-refractivity contribution in [2.75, 3.05) is 19.4 Å². The van der Waals surface area contributed by atoms with E-state index in [0.717, 1.165) is 22.9 Å². The lowest BCUT2D eigenvalue weighted by Crippen LogP contribution is -2.46. The molecule has 0 saturated heterocycles. The molecule has 53 heavy (non-hydrogen) atoms. The number of rotatable bonds is 21. The lowest BCUT2D eigenvalue weighted by Gasteiger charge is -2.32. The van der Waals surface area contributed by atoms with E-state index >= 15 is 0 Å². The van der Waals surface area contributed by atoms with Crippen molar-refractivity contribution in [2.24, 2.45) is 0 Å². The van der Waals surface area contributed by atoms with E-state index in [1.54, 1.807) is 24.3 Å². The number of hydrogen-bond acceptors (Lipinski definition) is 10. The van der Waals surface area contributed by atoms with Crippen LogP contribution in [0.4, 0.5) is 4.79 Å². The second-order valence-electron chi connectivity index (χ2n) is 12.0. The summed E-state index contributed by atoms with van der Waals surface area (Å²) in [6.45, 7) is 0.735. The van der Waals surface area contributed by atoms with Crippen LogP contribution in [0.15, 0.2) is 133 Å². The molecular weight excluding hydrogens is 701 g/mol. The Morgan fingerprint density at radius 3 is 1.64 bits per heavy atom. The first-order valence-corrected chi connectivity index (χ1v) is 18.7. The van der Waals surface area contributed by atoms with Gasteiger partial charge in [0.2, 0.25) is 0 Å². The van der Waals surface area contributed by atoms with E-state index in [-0.39, 0.29) is 51.1 Å². The molecule has 0 unspecified atom stereocenters. The molecule has 0 radical (unpaired) electrons. The second-order valence-corrected chi connectivity index (χ2v) is 13.6. The second kappa shape index (κ2) is 21.4. The van der Waals surface area contributed by atoms with Crippen molar-refractivity contribution in [1.29, 1.82) is 0 Å². The molecule has 280 valence electrons. The first-order chi connectivity index (χ1) is 25.6. The molecule has 13 heteroatoms. The maximum atomic E-state index is 13.5. The summed E-state index contributed by atoms with van der Waals surface area (Å²) in [4.78, 5) is 38.4. The van der Waals surface area contributed by atoms with E-state index < -0.39 is 40.4 Å². The summed E-state index contributed by atoms with van der Waals surface area (Å²) in [5, 5.41) is 4.95. The van der Waals surface area contributed by atoms with Crippen molar-refractivity contribution in [1.82, 2.24) is 10.6 Å². The highest BCUT2D eigenvalue weighted by Gasteiger charge is 2.35. The number of hydrogen-bond donors (Lipinski definition) is 2. The van der Waals surface area contributed by atoms with Gasteiger partial charge in [-0.25, -0.2) is 4.79 Å². The van der Waals surface area contributed by atoms with E-state index in [0.29, 0.717) is 5.56 Å². The van der Waals surface area contributed by atoms with Crippen LogP contribution in [0.5, 0.6) is 0 Å². The normalized spacial score (nSPS) is 13.4. The molecule has 4 aromatic rings. The zero-order valence-corrected chi connectivity index (χ0v) is 30.4. The first kappa shape index (κ1) is 40.6. The third-order valence-electron chi connectivity index (χ3n) is 7.48. The maximum Gasteiger partial charge on any atom is 0.412 e. The lowest BCUT2D eigenvalue weighted by molar-refractivity contribution is -0.126. The predicted octanol–water partition coefficient (Wildman–Crippen LogP) is 5.23. The average Bonchev–Trinajstić information content (AvgIpc) is 3.15. The summed E-state index contributed by atoms with van der Waals surface area (Å²) in [6, 6.07) is 36.5. The minimum Gasteiger partial charge on any atom is -0.444 e. The fraction of sp³-hybridized carbons (Fsp3) is 0.275. The first-order valence-electron chi connectivity index (χ1n) is 16.8. The van der Waals surface area contributed by atoms with Gasteiger partial charge in [0.25, 0.3) is 16.0 Å². The summed E-state index contributed by atoms with van der Waals surface area (Å²) in [5.41, 5.74) is 2.73. The molecular formula is C40H44N2O10S. The Morgan fingerprint density at radius 1 is 0.679 bits per heavy atom. The third-order valence-corrected chi connectivity index (χ3v) is 8.07. The van der Waals surface area contributed by atoms with Crippen molar-refractivity contribution in [2.45, 2.75) is 51.7 Å². The summed E-state index contributed by atoms with van der Waals surface area (Å²) in [7, 11) is -4.11. The van der Waals surface area contributed by atoms with Gasteiger partial charge in [0, 0.05) is 0 Å². The molecule has 4 rings (SSSR count). The van der Waals surface area contributed by atoms with Gasteiger partial charge < -0.3 is 24.3 Å². The number of ether oxygens (including phenoxy) is 4. The van der Waals surface area contributed by atoms with E-state index in [1.807, 2.05) is 97.1 Å². The van der Waals surface area contributed by atoms with E-state index in [1.165, 1.54) is 13.0 Å². The molecule has 0 heterocycles. The number of alkyl carbamates (subject to hydrolysis) is 1. The van der Waals surface area contributed by atoms with Gasteiger partial charge in [-0.2, -0.15) is 8.42 Å². The standard InChI is InChI=1S/C40H44N2O10S/c1-30(43)24-41-39(44)35(42-40(45)51-28-34-21-13-6-14-22-34)23-36(49-26-32-17-9-4-10-18-32)38(50-27-33-19-11-5-12-20-33)37(52-53(2,46)47)29-48-25-31-15-7-3-8-16-31/h3-23,36-38H,24-29H2,1-2H3,(H,41,44)(H,42,45)/b35-23-/t36-,37-,38+/m1/s1. The molecule has 4 aromatic carbocycles. The Hall–Kier alpha value is -5.18. The van der Waals surface area contributed by atoms with Crippen LogP contribution in [0.3, 0.4) is 0 Å². The number of Topliss-reactive ketones (excluding diaryl/α,β-unsaturated/α-hetero) is 1. The monoisotopic (exact) mass is 744 g/mol. The quantitative estimate of drug-likeness (QED) is 0.0856. The Bertz CT molecular complexity index is 1860. The van der Waals surface area contributed by atoms with Gasteiger partial charge >= 0.3 is 6.09 Å². The van der Waals surface area contributed by atoms with E-state index in [4.69, 9.17) is 23.1 Å². The highest BCUT2D eigenvalue weighted by molar-refractivity contribution is 7.86. The molecule has 0 saturated carbocycles. The minimum atomic E-state index is -4.11. The molecule has 0 fully saturated rings. The minimum absolute atomic E-state index is 0.00867. The van der Waals surface area contributed by atoms with E-state index in [2.05, 4.69) is 10.6 Å². The van der Waals surface area contributed by atoms with Gasteiger partial charge in [0.1, 0.15) is 36.4 Å².